The second-order valence-corrected chi connectivity index (χ2v) is 8.90. The molecule has 0 fully saturated rings. The molecule has 218 valence electrons. The van der Waals surface area contributed by atoms with Crippen molar-refractivity contribution < 1.29 is 28.6 Å². The molecular formula is C26H53N5O6. The normalized spacial score (nSPS) is 11.8. The summed E-state index contributed by atoms with van der Waals surface area (Å²) in [5.74, 6) is -0.334. The van der Waals surface area contributed by atoms with Crippen molar-refractivity contribution in [2.24, 2.45) is 5.73 Å². The highest BCUT2D eigenvalue weighted by atomic mass is 16.5. The molecule has 11 nitrogen and oxygen atoms in total. The van der Waals surface area contributed by atoms with Crippen LogP contribution in [-0.4, -0.2) is 96.6 Å². The first-order valence-corrected chi connectivity index (χ1v) is 14.0. The third-order valence-electron chi connectivity index (χ3n) is 5.54. The van der Waals surface area contributed by atoms with Gasteiger partial charge in [-0.15, -0.1) is 0 Å². The third-order valence-corrected chi connectivity index (χ3v) is 5.54. The molecule has 0 aliphatic rings. The Morgan fingerprint density at radius 3 is 2.00 bits per heavy atom. The van der Waals surface area contributed by atoms with Gasteiger partial charge in [-0.1, -0.05) is 19.8 Å². The smallest absolute Gasteiger partial charge is 0.242 e. The highest BCUT2D eigenvalue weighted by molar-refractivity contribution is 5.87. The molecule has 0 aromatic heterocycles. The number of rotatable bonds is 27. The Kier molecular flexibility index (Phi) is 25.9. The molecule has 0 radical (unpaired) electrons. The molecule has 0 aromatic rings. The average molecular weight is 532 g/mol. The van der Waals surface area contributed by atoms with Crippen molar-refractivity contribution in [3.63, 3.8) is 0 Å². The number of carbonyl (C=O) groups is 3. The molecule has 0 aromatic carbocycles. The molecule has 11 heteroatoms. The van der Waals surface area contributed by atoms with E-state index in [1.165, 1.54) is 0 Å². The van der Waals surface area contributed by atoms with Crippen LogP contribution in [0.5, 0.6) is 0 Å². The van der Waals surface area contributed by atoms with E-state index in [4.69, 9.17) is 19.9 Å². The number of nitrogens with one attached hydrogen (secondary N) is 4. The fraction of sp³-hybridized carbons (Fsp3) is 0.885. The summed E-state index contributed by atoms with van der Waals surface area (Å²) in [6, 6.07) is -0.594. The standard InChI is InChI=1S/C26H53N5O6/c1-3-4-5-11-24(32)29-14-8-9-15-30-26(34)23(10-6-7-13-27)31-25(33)12-17-35-19-21-37-22-20-36-18-16-28-2/h23,28H,3-22,27H2,1-2H3,(H,29,32)(H,30,34)(H,31,33). The summed E-state index contributed by atoms with van der Waals surface area (Å²) in [6.45, 7) is 7.33. The number of likely N-dealkylation sites (N-methyl/N-ethyl adjacent to an activating group) is 1. The Bertz CT molecular complexity index is 568. The lowest BCUT2D eigenvalue weighted by molar-refractivity contribution is -0.129. The van der Waals surface area contributed by atoms with Crippen molar-refractivity contribution in [2.75, 3.05) is 72.9 Å². The van der Waals surface area contributed by atoms with Crippen LogP contribution in [0.4, 0.5) is 0 Å². The van der Waals surface area contributed by atoms with Crippen LogP contribution in [-0.2, 0) is 28.6 Å². The van der Waals surface area contributed by atoms with Crippen LogP contribution in [0.25, 0.3) is 0 Å². The molecule has 1 atom stereocenters. The van der Waals surface area contributed by atoms with E-state index in [-0.39, 0.29) is 30.7 Å². The Morgan fingerprint density at radius 1 is 0.703 bits per heavy atom. The molecule has 0 saturated heterocycles. The maximum atomic E-state index is 12.6. The Hall–Kier alpha value is -1.79. The van der Waals surface area contributed by atoms with Gasteiger partial charge in [-0.2, -0.15) is 0 Å². The fourth-order valence-corrected chi connectivity index (χ4v) is 3.35. The van der Waals surface area contributed by atoms with Crippen molar-refractivity contribution in [1.29, 1.82) is 0 Å². The average Bonchev–Trinajstić information content (AvgIpc) is 2.88. The third kappa shape index (κ3) is 24.3. The molecule has 0 bridgehead atoms. The largest absolute Gasteiger partial charge is 0.379 e. The van der Waals surface area contributed by atoms with Crippen molar-refractivity contribution in [1.82, 2.24) is 21.3 Å². The van der Waals surface area contributed by atoms with Gasteiger partial charge < -0.3 is 41.2 Å². The summed E-state index contributed by atoms with van der Waals surface area (Å²) in [5.41, 5.74) is 5.57. The first-order chi connectivity index (χ1) is 18.0. The summed E-state index contributed by atoms with van der Waals surface area (Å²) in [4.78, 5) is 36.7. The molecule has 0 spiro atoms. The Morgan fingerprint density at radius 2 is 1.35 bits per heavy atom. The number of unbranched alkanes of at least 4 members (excludes halogenated alkanes) is 4. The summed E-state index contributed by atoms with van der Waals surface area (Å²) in [7, 11) is 1.87. The van der Waals surface area contributed by atoms with Crippen LogP contribution in [0.1, 0.15) is 71.1 Å². The minimum Gasteiger partial charge on any atom is -0.379 e. The zero-order valence-electron chi connectivity index (χ0n) is 23.2. The van der Waals surface area contributed by atoms with E-state index < -0.39 is 6.04 Å². The van der Waals surface area contributed by atoms with Crippen LogP contribution in [0, 0.1) is 0 Å². The number of carbonyl (C=O) groups excluding carboxylic acids is 3. The van der Waals surface area contributed by atoms with E-state index in [1.54, 1.807) is 0 Å². The summed E-state index contributed by atoms with van der Waals surface area (Å²) >= 11 is 0. The minimum atomic E-state index is -0.594. The lowest BCUT2D eigenvalue weighted by atomic mass is 10.1. The molecule has 0 aliphatic heterocycles. The fourth-order valence-electron chi connectivity index (χ4n) is 3.35. The maximum absolute atomic E-state index is 12.6. The molecule has 3 amide bonds. The lowest BCUT2D eigenvalue weighted by Gasteiger charge is -2.18. The number of ether oxygens (including phenoxy) is 3. The van der Waals surface area contributed by atoms with E-state index in [0.29, 0.717) is 65.5 Å². The van der Waals surface area contributed by atoms with Gasteiger partial charge >= 0.3 is 0 Å². The first kappa shape index (κ1) is 35.2. The van der Waals surface area contributed by atoms with Gasteiger partial charge in [0, 0.05) is 32.5 Å². The summed E-state index contributed by atoms with van der Waals surface area (Å²) < 4.78 is 16.2. The van der Waals surface area contributed by atoms with E-state index in [2.05, 4.69) is 28.2 Å². The van der Waals surface area contributed by atoms with Crippen molar-refractivity contribution in [2.45, 2.75) is 77.2 Å². The van der Waals surface area contributed by atoms with Crippen molar-refractivity contribution in [3.05, 3.63) is 0 Å². The topological polar surface area (TPSA) is 153 Å². The zero-order chi connectivity index (χ0) is 27.4. The van der Waals surface area contributed by atoms with E-state index in [1.807, 2.05) is 7.05 Å². The summed E-state index contributed by atoms with van der Waals surface area (Å²) in [6.07, 6.45) is 7.45. The quantitative estimate of drug-likeness (QED) is 0.0978. The van der Waals surface area contributed by atoms with Gasteiger partial charge in [0.25, 0.3) is 0 Å². The van der Waals surface area contributed by atoms with Crippen molar-refractivity contribution in [3.8, 4) is 0 Å². The van der Waals surface area contributed by atoms with E-state index >= 15 is 0 Å². The molecule has 0 heterocycles. The molecule has 1 unspecified atom stereocenters. The van der Waals surface area contributed by atoms with Crippen LogP contribution < -0.4 is 27.0 Å². The highest BCUT2D eigenvalue weighted by Gasteiger charge is 2.19. The number of hydrogen-bond acceptors (Lipinski definition) is 8. The molecular weight excluding hydrogens is 478 g/mol. The number of hydrogen-bond donors (Lipinski definition) is 5. The van der Waals surface area contributed by atoms with Crippen molar-refractivity contribution >= 4 is 17.7 Å². The second kappa shape index (κ2) is 27.3. The van der Waals surface area contributed by atoms with Crippen LogP contribution in [0.2, 0.25) is 0 Å². The van der Waals surface area contributed by atoms with Gasteiger partial charge in [0.1, 0.15) is 6.04 Å². The van der Waals surface area contributed by atoms with Gasteiger partial charge in [0.05, 0.1) is 39.6 Å². The predicted molar refractivity (Wildman–Crippen MR) is 145 cm³/mol. The molecule has 0 rings (SSSR count). The lowest BCUT2D eigenvalue weighted by Crippen LogP contribution is -2.47. The van der Waals surface area contributed by atoms with Crippen LogP contribution in [0.3, 0.4) is 0 Å². The SMILES string of the molecule is CCCCCC(=O)NCCCCNC(=O)C(CCCCN)NC(=O)CCOCCOCCOCCNC. The maximum Gasteiger partial charge on any atom is 0.242 e. The number of amides is 3. The van der Waals surface area contributed by atoms with Crippen LogP contribution in [0.15, 0.2) is 0 Å². The van der Waals surface area contributed by atoms with E-state index in [0.717, 1.165) is 51.5 Å². The zero-order valence-corrected chi connectivity index (χ0v) is 23.2. The molecule has 0 saturated carbocycles. The first-order valence-electron chi connectivity index (χ1n) is 14.0. The van der Waals surface area contributed by atoms with E-state index in [9.17, 15) is 14.4 Å². The van der Waals surface area contributed by atoms with Crippen LogP contribution >= 0.6 is 0 Å². The molecule has 6 N–H and O–H groups in total. The summed E-state index contributed by atoms with van der Waals surface area (Å²) in [5, 5.41) is 11.6. The van der Waals surface area contributed by atoms with Gasteiger partial charge in [0.2, 0.25) is 17.7 Å². The second-order valence-electron chi connectivity index (χ2n) is 8.90. The molecule has 37 heavy (non-hydrogen) atoms. The minimum absolute atomic E-state index is 0.0852. The Labute approximate surface area is 223 Å². The van der Waals surface area contributed by atoms with Gasteiger partial charge in [-0.05, 0) is 52.1 Å². The monoisotopic (exact) mass is 531 g/mol. The highest BCUT2D eigenvalue weighted by Crippen LogP contribution is 2.02. The van der Waals surface area contributed by atoms with Gasteiger partial charge in [0.15, 0.2) is 0 Å². The molecule has 0 aliphatic carbocycles. The number of nitrogens with two attached hydrogens (primary N) is 1. The predicted octanol–water partition coefficient (Wildman–Crippen LogP) is 0.852. The Balaban J connectivity index is 4.01. The van der Waals surface area contributed by atoms with Gasteiger partial charge in [-0.3, -0.25) is 14.4 Å². The van der Waals surface area contributed by atoms with Gasteiger partial charge in [-0.25, -0.2) is 0 Å².